The van der Waals surface area contributed by atoms with E-state index in [4.69, 9.17) is 35.9 Å². The predicted molar refractivity (Wildman–Crippen MR) is 118 cm³/mol. The monoisotopic (exact) mass is 459 g/mol. The number of ether oxygens (including phenoxy) is 3. The quantitative estimate of drug-likeness (QED) is 0.363. The van der Waals surface area contributed by atoms with Gasteiger partial charge in [0.2, 0.25) is 10.7 Å². The lowest BCUT2D eigenvalue weighted by Crippen LogP contribution is -1.97. The van der Waals surface area contributed by atoms with E-state index in [1.54, 1.807) is 44.8 Å². The highest BCUT2D eigenvalue weighted by atomic mass is 35.5. The van der Waals surface area contributed by atoms with E-state index < -0.39 is 5.82 Å². The minimum absolute atomic E-state index is 0.0425. The van der Waals surface area contributed by atoms with Crippen LogP contribution in [0.2, 0.25) is 5.02 Å². The van der Waals surface area contributed by atoms with Gasteiger partial charge in [0.15, 0.2) is 11.5 Å². The number of nitrogens with zero attached hydrogens (tertiary/aromatic N) is 3. The van der Waals surface area contributed by atoms with Gasteiger partial charge in [-0.05, 0) is 43.2 Å². The van der Waals surface area contributed by atoms with Crippen molar-refractivity contribution in [2.45, 2.75) is 18.8 Å². The molecule has 0 spiro atoms. The molecule has 1 aliphatic rings. The molecule has 0 radical (unpaired) electrons. The summed E-state index contributed by atoms with van der Waals surface area (Å²) in [5.41, 5.74) is 2.88. The molecule has 0 N–H and O–H groups in total. The van der Waals surface area contributed by atoms with Gasteiger partial charge in [0.25, 0.3) is 0 Å². The Morgan fingerprint density at radius 2 is 1.74 bits per heavy atom. The molecule has 0 saturated heterocycles. The van der Waals surface area contributed by atoms with Gasteiger partial charge in [0, 0.05) is 17.0 Å². The van der Waals surface area contributed by atoms with Crippen molar-refractivity contribution in [1.82, 2.24) is 14.6 Å². The van der Waals surface area contributed by atoms with E-state index in [9.17, 15) is 4.39 Å². The third-order valence-corrected chi connectivity index (χ3v) is 6.64. The molecule has 2 aromatic carbocycles. The molecule has 2 aromatic heterocycles. The zero-order valence-electron chi connectivity index (χ0n) is 17.1. The van der Waals surface area contributed by atoms with Gasteiger partial charge in [0.05, 0.1) is 26.4 Å². The molecule has 160 valence electrons. The molecule has 0 atom stereocenters. The summed E-state index contributed by atoms with van der Waals surface area (Å²) < 4.78 is 32.1. The maximum Gasteiger partial charge on any atom is 0.213 e. The second-order valence-electron chi connectivity index (χ2n) is 7.26. The summed E-state index contributed by atoms with van der Waals surface area (Å²) in [4.78, 5) is 5.64. The summed E-state index contributed by atoms with van der Waals surface area (Å²) in [6, 6.07) is 8.30. The van der Waals surface area contributed by atoms with Crippen LogP contribution in [0.25, 0.3) is 27.5 Å². The van der Waals surface area contributed by atoms with Crippen molar-refractivity contribution in [3.05, 3.63) is 46.2 Å². The number of hydrogen-bond donors (Lipinski definition) is 0. The Hall–Kier alpha value is -2.84. The molecule has 1 aliphatic carbocycles. The lowest BCUT2D eigenvalue weighted by atomic mass is 10.0. The number of rotatable bonds is 6. The van der Waals surface area contributed by atoms with E-state index in [0.29, 0.717) is 28.9 Å². The van der Waals surface area contributed by atoms with Crippen LogP contribution in [0, 0.1) is 5.82 Å². The lowest BCUT2D eigenvalue weighted by Gasteiger charge is -2.14. The minimum Gasteiger partial charge on any atom is -0.493 e. The van der Waals surface area contributed by atoms with Crippen LogP contribution in [0.5, 0.6) is 17.2 Å². The number of halogens is 2. The largest absolute Gasteiger partial charge is 0.493 e. The number of benzene rings is 2. The van der Waals surface area contributed by atoms with Crippen LogP contribution in [0.1, 0.15) is 23.8 Å². The Labute approximate surface area is 187 Å². The fourth-order valence-corrected chi connectivity index (χ4v) is 4.83. The average Bonchev–Trinajstić information content (AvgIpc) is 3.45. The van der Waals surface area contributed by atoms with Gasteiger partial charge < -0.3 is 14.2 Å². The van der Waals surface area contributed by atoms with Crippen molar-refractivity contribution in [3.63, 3.8) is 0 Å². The zero-order valence-corrected chi connectivity index (χ0v) is 18.7. The Kier molecular flexibility index (Phi) is 4.98. The number of fused-ring (bicyclic) bond motifs is 1. The third kappa shape index (κ3) is 3.40. The SMILES string of the molecule is COc1cc(-c2nc3sc(C4CC4)nn3c2-c2ccc(F)c(Cl)c2)cc(OC)c1OC. The number of hydrogen-bond acceptors (Lipinski definition) is 6. The number of aromatic nitrogens is 3. The zero-order chi connectivity index (χ0) is 21.7. The highest BCUT2D eigenvalue weighted by Crippen LogP contribution is 2.46. The second kappa shape index (κ2) is 7.69. The summed E-state index contributed by atoms with van der Waals surface area (Å²) in [7, 11) is 4.69. The average molecular weight is 460 g/mol. The second-order valence-corrected chi connectivity index (χ2v) is 8.66. The van der Waals surface area contributed by atoms with E-state index in [-0.39, 0.29) is 5.02 Å². The first-order valence-electron chi connectivity index (χ1n) is 9.69. The predicted octanol–water partition coefficient (Wildman–Crippen LogP) is 5.82. The van der Waals surface area contributed by atoms with Crippen molar-refractivity contribution < 1.29 is 18.6 Å². The Bertz CT molecular complexity index is 1270. The summed E-state index contributed by atoms with van der Waals surface area (Å²) in [6.45, 7) is 0. The van der Waals surface area contributed by atoms with Gasteiger partial charge >= 0.3 is 0 Å². The van der Waals surface area contributed by atoms with Crippen LogP contribution in [0.3, 0.4) is 0 Å². The summed E-state index contributed by atoms with van der Waals surface area (Å²) in [5.74, 6) is 1.56. The molecular formula is C22H19ClFN3O3S. The Balaban J connectivity index is 1.77. The summed E-state index contributed by atoms with van der Waals surface area (Å²) >= 11 is 7.68. The Morgan fingerprint density at radius 3 is 2.32 bits per heavy atom. The van der Waals surface area contributed by atoms with Gasteiger partial charge in [-0.15, -0.1) is 0 Å². The molecule has 5 rings (SSSR count). The first kappa shape index (κ1) is 20.1. The van der Waals surface area contributed by atoms with Crippen LogP contribution in [0.15, 0.2) is 30.3 Å². The van der Waals surface area contributed by atoms with Gasteiger partial charge in [-0.1, -0.05) is 22.9 Å². The smallest absolute Gasteiger partial charge is 0.213 e. The van der Waals surface area contributed by atoms with E-state index in [0.717, 1.165) is 39.6 Å². The van der Waals surface area contributed by atoms with Crippen molar-refractivity contribution >= 4 is 27.9 Å². The van der Waals surface area contributed by atoms with Crippen LogP contribution in [-0.4, -0.2) is 35.9 Å². The fourth-order valence-electron chi connectivity index (χ4n) is 3.58. The van der Waals surface area contributed by atoms with E-state index in [1.807, 2.05) is 16.6 Å². The maximum absolute atomic E-state index is 13.9. The van der Waals surface area contributed by atoms with Crippen LogP contribution < -0.4 is 14.2 Å². The minimum atomic E-state index is -0.475. The normalized spacial score (nSPS) is 13.6. The first-order valence-corrected chi connectivity index (χ1v) is 10.9. The van der Waals surface area contributed by atoms with Crippen molar-refractivity contribution in [2.24, 2.45) is 0 Å². The molecule has 9 heteroatoms. The molecule has 31 heavy (non-hydrogen) atoms. The third-order valence-electron chi connectivity index (χ3n) is 5.28. The molecule has 0 aliphatic heterocycles. The number of imidazole rings is 1. The maximum atomic E-state index is 13.9. The van der Waals surface area contributed by atoms with Gasteiger partial charge in [-0.3, -0.25) is 0 Å². The van der Waals surface area contributed by atoms with E-state index >= 15 is 0 Å². The van der Waals surface area contributed by atoms with Gasteiger partial charge in [-0.25, -0.2) is 13.9 Å². The fraction of sp³-hybridized carbons (Fsp3) is 0.273. The summed E-state index contributed by atoms with van der Waals surface area (Å²) in [5, 5.41) is 5.92. The van der Waals surface area contributed by atoms with Crippen molar-refractivity contribution in [2.75, 3.05) is 21.3 Å². The van der Waals surface area contributed by atoms with Crippen molar-refractivity contribution in [3.8, 4) is 39.8 Å². The first-order chi connectivity index (χ1) is 15.0. The van der Waals surface area contributed by atoms with Gasteiger partial charge in [0.1, 0.15) is 22.2 Å². The van der Waals surface area contributed by atoms with Crippen molar-refractivity contribution in [1.29, 1.82) is 0 Å². The lowest BCUT2D eigenvalue weighted by molar-refractivity contribution is 0.324. The molecule has 2 heterocycles. The molecule has 0 bridgehead atoms. The standard InChI is InChI=1S/C22H19ClFN3O3S/c1-28-16-9-13(10-17(29-2)20(16)30-3)18-19(12-6-7-15(24)14(23)8-12)27-22(25-18)31-21(26-27)11-4-5-11/h6-11H,4-5H2,1-3H3. The highest BCUT2D eigenvalue weighted by Gasteiger charge is 2.30. The molecule has 6 nitrogen and oxygen atoms in total. The molecule has 0 amide bonds. The van der Waals surface area contributed by atoms with E-state index in [2.05, 4.69) is 0 Å². The van der Waals surface area contributed by atoms with Crippen LogP contribution in [0.4, 0.5) is 4.39 Å². The van der Waals surface area contributed by atoms with Crippen LogP contribution in [-0.2, 0) is 0 Å². The molecule has 1 saturated carbocycles. The van der Waals surface area contributed by atoms with Crippen LogP contribution >= 0.6 is 22.9 Å². The molecule has 0 unspecified atom stereocenters. The van der Waals surface area contributed by atoms with E-state index in [1.165, 1.54) is 6.07 Å². The highest BCUT2D eigenvalue weighted by molar-refractivity contribution is 7.16. The number of methoxy groups -OCH3 is 3. The molecule has 4 aromatic rings. The topological polar surface area (TPSA) is 57.9 Å². The van der Waals surface area contributed by atoms with Gasteiger partial charge in [-0.2, -0.15) is 5.10 Å². The molecule has 1 fully saturated rings. The summed E-state index contributed by atoms with van der Waals surface area (Å²) in [6.07, 6.45) is 2.29. The Morgan fingerprint density at radius 1 is 1.03 bits per heavy atom. The molecular weight excluding hydrogens is 441 g/mol.